The summed E-state index contributed by atoms with van der Waals surface area (Å²) in [7, 11) is -1.26. The highest BCUT2D eigenvalue weighted by Gasteiger charge is 2.07. The lowest BCUT2D eigenvalue weighted by Crippen LogP contribution is -2.16. The van der Waals surface area contributed by atoms with Crippen LogP contribution >= 0.6 is 0 Å². The molecule has 3 heteroatoms. The minimum atomic E-state index is -1.26. The average molecular weight is 206 g/mol. The first-order chi connectivity index (χ1) is 6.51. The Labute approximate surface area is 87.3 Å². The first-order valence-corrected chi connectivity index (χ1v) is 8.58. The van der Waals surface area contributed by atoms with Crippen LogP contribution in [0.3, 0.4) is 0 Å². The Morgan fingerprint density at radius 1 is 1.43 bits per heavy atom. The number of nitrogens with zero attached hydrogens (tertiary/aromatic N) is 2. The fraction of sp³-hybridized carbons (Fsp3) is 0.545. The van der Waals surface area contributed by atoms with Crippen LogP contribution in [0.4, 0.5) is 0 Å². The molecule has 0 aliphatic heterocycles. The van der Waals surface area contributed by atoms with Crippen molar-refractivity contribution in [3.05, 3.63) is 18.0 Å². The molecule has 0 fully saturated rings. The van der Waals surface area contributed by atoms with Gasteiger partial charge in [-0.25, -0.2) is 0 Å². The number of aromatic nitrogens is 2. The maximum absolute atomic E-state index is 4.37. The van der Waals surface area contributed by atoms with Crippen molar-refractivity contribution in [1.82, 2.24) is 9.78 Å². The molecular formula is C11H18N2Si. The lowest BCUT2D eigenvalue weighted by molar-refractivity contribution is 0.601. The molecule has 0 amide bonds. The molecule has 0 spiro atoms. The molecule has 0 N–H and O–H groups in total. The molecule has 0 unspecified atom stereocenters. The van der Waals surface area contributed by atoms with Crippen LogP contribution in [0.25, 0.3) is 0 Å². The van der Waals surface area contributed by atoms with Crippen molar-refractivity contribution in [3.63, 3.8) is 0 Å². The topological polar surface area (TPSA) is 17.8 Å². The van der Waals surface area contributed by atoms with Crippen LogP contribution in [0.15, 0.2) is 12.3 Å². The van der Waals surface area contributed by atoms with Crippen LogP contribution in [0.1, 0.15) is 19.0 Å². The average Bonchev–Trinajstić information content (AvgIpc) is 2.49. The van der Waals surface area contributed by atoms with Gasteiger partial charge in [-0.15, -0.1) is 5.54 Å². The summed E-state index contributed by atoms with van der Waals surface area (Å²) in [6.07, 6.45) is 3.11. The maximum Gasteiger partial charge on any atom is 0.134 e. The normalized spacial score (nSPS) is 10.9. The van der Waals surface area contributed by atoms with Gasteiger partial charge >= 0.3 is 0 Å². The maximum atomic E-state index is 4.37. The first kappa shape index (κ1) is 11.1. The number of hydrogen-bond donors (Lipinski definition) is 0. The van der Waals surface area contributed by atoms with Gasteiger partial charge in [0.05, 0.1) is 0 Å². The van der Waals surface area contributed by atoms with Crippen LogP contribution in [0.5, 0.6) is 0 Å². The van der Waals surface area contributed by atoms with Crippen LogP contribution in [0, 0.1) is 11.5 Å². The van der Waals surface area contributed by atoms with E-state index >= 15 is 0 Å². The van der Waals surface area contributed by atoms with E-state index in [4.69, 9.17) is 0 Å². The summed E-state index contributed by atoms with van der Waals surface area (Å²) >= 11 is 0. The highest BCUT2D eigenvalue weighted by atomic mass is 28.3. The van der Waals surface area contributed by atoms with E-state index in [9.17, 15) is 0 Å². The van der Waals surface area contributed by atoms with Crippen LogP contribution in [0.2, 0.25) is 19.6 Å². The van der Waals surface area contributed by atoms with Gasteiger partial charge in [0.1, 0.15) is 13.8 Å². The van der Waals surface area contributed by atoms with Crippen molar-refractivity contribution < 1.29 is 0 Å². The Kier molecular flexibility index (Phi) is 3.53. The largest absolute Gasteiger partial charge is 0.272 e. The summed E-state index contributed by atoms with van der Waals surface area (Å²) in [5, 5.41) is 4.37. The molecule has 0 saturated carbocycles. The molecule has 14 heavy (non-hydrogen) atoms. The predicted molar refractivity (Wildman–Crippen MR) is 62.7 cm³/mol. The molecule has 0 aliphatic rings. The molecule has 0 atom stereocenters. The molecular weight excluding hydrogens is 188 g/mol. The third-order valence-electron chi connectivity index (χ3n) is 1.66. The minimum Gasteiger partial charge on any atom is -0.272 e. The summed E-state index contributed by atoms with van der Waals surface area (Å²) in [5.41, 5.74) is 4.21. The number of hydrogen-bond acceptors (Lipinski definition) is 1. The SMILES string of the molecule is CCCn1ccc(C#C[Si](C)(C)C)n1. The lowest BCUT2D eigenvalue weighted by atomic mass is 10.5. The van der Waals surface area contributed by atoms with Gasteiger partial charge in [-0.1, -0.05) is 32.5 Å². The summed E-state index contributed by atoms with van der Waals surface area (Å²) in [6, 6.07) is 1.99. The number of rotatable bonds is 2. The van der Waals surface area contributed by atoms with E-state index in [2.05, 4.69) is 43.1 Å². The van der Waals surface area contributed by atoms with Crippen LogP contribution in [-0.4, -0.2) is 17.9 Å². The molecule has 2 nitrogen and oxygen atoms in total. The predicted octanol–water partition coefficient (Wildman–Crippen LogP) is 2.52. The van der Waals surface area contributed by atoms with Crippen LogP contribution in [-0.2, 0) is 6.54 Å². The monoisotopic (exact) mass is 206 g/mol. The van der Waals surface area contributed by atoms with Gasteiger partial charge in [0.25, 0.3) is 0 Å². The minimum absolute atomic E-state index is 0.904. The Balaban J connectivity index is 2.71. The molecule has 1 heterocycles. The van der Waals surface area contributed by atoms with Crippen LogP contribution < -0.4 is 0 Å². The van der Waals surface area contributed by atoms with Gasteiger partial charge in [0.15, 0.2) is 0 Å². The van der Waals surface area contributed by atoms with Gasteiger partial charge < -0.3 is 0 Å². The van der Waals surface area contributed by atoms with Crippen molar-refractivity contribution in [3.8, 4) is 11.5 Å². The summed E-state index contributed by atoms with van der Waals surface area (Å²) in [4.78, 5) is 0. The van der Waals surface area contributed by atoms with E-state index < -0.39 is 8.07 Å². The second-order valence-corrected chi connectivity index (χ2v) is 9.21. The van der Waals surface area contributed by atoms with E-state index in [-0.39, 0.29) is 0 Å². The highest BCUT2D eigenvalue weighted by Crippen LogP contribution is 1.99. The van der Waals surface area contributed by atoms with E-state index in [1.54, 1.807) is 0 Å². The molecule has 0 aliphatic carbocycles. The smallest absolute Gasteiger partial charge is 0.134 e. The van der Waals surface area contributed by atoms with Gasteiger partial charge in [-0.2, -0.15) is 5.10 Å². The van der Waals surface area contributed by atoms with Gasteiger partial charge in [0, 0.05) is 12.7 Å². The Morgan fingerprint density at radius 3 is 2.71 bits per heavy atom. The second kappa shape index (κ2) is 4.47. The standard InChI is InChI=1S/C11H18N2Si/c1-5-8-13-9-6-11(12-13)7-10-14(2,3)4/h6,9H,5,8H2,1-4H3. The Hall–Kier alpha value is -1.01. The van der Waals surface area contributed by atoms with Crippen molar-refractivity contribution in [2.75, 3.05) is 0 Å². The van der Waals surface area contributed by atoms with Gasteiger partial charge in [-0.3, -0.25) is 4.68 Å². The molecule has 0 radical (unpaired) electrons. The molecule has 1 aromatic rings. The first-order valence-electron chi connectivity index (χ1n) is 5.08. The van der Waals surface area contributed by atoms with E-state index in [1.807, 2.05) is 16.9 Å². The summed E-state index contributed by atoms with van der Waals surface area (Å²) < 4.78 is 1.95. The zero-order valence-corrected chi connectivity index (χ0v) is 10.5. The summed E-state index contributed by atoms with van der Waals surface area (Å²) in [5.74, 6) is 3.14. The highest BCUT2D eigenvalue weighted by molar-refractivity contribution is 6.83. The van der Waals surface area contributed by atoms with Crippen molar-refractivity contribution in [2.45, 2.75) is 39.5 Å². The number of aryl methyl sites for hydroxylation is 1. The fourth-order valence-corrected chi connectivity index (χ4v) is 1.54. The Morgan fingerprint density at radius 2 is 2.14 bits per heavy atom. The van der Waals surface area contributed by atoms with Gasteiger partial charge in [-0.05, 0) is 12.5 Å². The molecule has 0 aromatic carbocycles. The Bertz CT molecular complexity index is 349. The third kappa shape index (κ3) is 3.80. The fourth-order valence-electron chi connectivity index (χ4n) is 1.03. The van der Waals surface area contributed by atoms with Crippen molar-refractivity contribution >= 4 is 8.07 Å². The second-order valence-electron chi connectivity index (χ2n) is 4.46. The van der Waals surface area contributed by atoms with E-state index in [0.29, 0.717) is 0 Å². The molecule has 76 valence electrons. The zero-order chi connectivity index (χ0) is 10.6. The third-order valence-corrected chi connectivity index (χ3v) is 2.53. The molecule has 1 rings (SSSR count). The molecule has 0 bridgehead atoms. The van der Waals surface area contributed by atoms with E-state index in [0.717, 1.165) is 18.7 Å². The molecule has 1 aromatic heterocycles. The lowest BCUT2D eigenvalue weighted by Gasteiger charge is -2.02. The van der Waals surface area contributed by atoms with Crippen molar-refractivity contribution in [2.24, 2.45) is 0 Å². The van der Waals surface area contributed by atoms with E-state index in [1.165, 1.54) is 0 Å². The van der Waals surface area contributed by atoms with Gasteiger partial charge in [0.2, 0.25) is 0 Å². The zero-order valence-electron chi connectivity index (χ0n) is 9.46. The van der Waals surface area contributed by atoms with Crippen molar-refractivity contribution in [1.29, 1.82) is 0 Å². The quantitative estimate of drug-likeness (QED) is 0.537. The molecule has 0 saturated heterocycles. The summed E-state index contributed by atoms with van der Waals surface area (Å²) in [6.45, 7) is 9.85.